The largest absolute Gasteiger partial charge is 0.494 e. The van der Waals surface area contributed by atoms with Gasteiger partial charge < -0.3 is 9.64 Å². The van der Waals surface area contributed by atoms with Gasteiger partial charge in [0.15, 0.2) is 5.75 Å². The molecule has 0 unspecified atom stereocenters. The van der Waals surface area contributed by atoms with Crippen molar-refractivity contribution in [3.05, 3.63) is 46.8 Å². The number of amides is 1. The number of halogens is 2. The van der Waals surface area contributed by atoms with Gasteiger partial charge >= 0.3 is 0 Å². The lowest BCUT2D eigenvalue weighted by atomic mass is 9.93. The minimum absolute atomic E-state index is 0.0919. The number of hydrogen-bond acceptors (Lipinski definition) is 6. The van der Waals surface area contributed by atoms with E-state index in [0.717, 1.165) is 49.9 Å². The Labute approximate surface area is 195 Å². The summed E-state index contributed by atoms with van der Waals surface area (Å²) < 4.78 is 34.2. The molecule has 2 saturated carbocycles. The number of likely N-dealkylation sites (tertiary alicyclic amines) is 1. The second-order valence-corrected chi connectivity index (χ2v) is 9.53. The third kappa shape index (κ3) is 3.78. The van der Waals surface area contributed by atoms with Crippen LogP contribution in [0, 0.1) is 0 Å². The van der Waals surface area contributed by atoms with E-state index in [1.54, 1.807) is 7.11 Å². The second kappa shape index (κ2) is 8.25. The lowest BCUT2D eigenvalue weighted by molar-refractivity contribution is 0.0700. The molecule has 1 aliphatic heterocycles. The van der Waals surface area contributed by atoms with Crippen LogP contribution in [0.2, 0.25) is 0 Å². The van der Waals surface area contributed by atoms with Gasteiger partial charge in [-0.3, -0.25) is 9.78 Å². The molecule has 6 rings (SSSR count). The fraction of sp³-hybridized carbons (Fsp3) is 0.542. The van der Waals surface area contributed by atoms with E-state index in [4.69, 9.17) is 9.72 Å². The summed E-state index contributed by atoms with van der Waals surface area (Å²) in [6.07, 6.45) is 4.48. The van der Waals surface area contributed by atoms with Crippen molar-refractivity contribution >= 4 is 11.7 Å². The number of pyridine rings is 1. The van der Waals surface area contributed by atoms with Crippen LogP contribution in [-0.2, 0) is 0 Å². The van der Waals surface area contributed by atoms with Gasteiger partial charge in [-0.15, -0.1) is 0 Å². The molecule has 3 aromatic rings. The maximum Gasteiger partial charge on any atom is 0.280 e. The Kier molecular flexibility index (Phi) is 5.18. The van der Waals surface area contributed by atoms with Crippen LogP contribution in [0.1, 0.15) is 95.8 Å². The predicted octanol–water partition coefficient (Wildman–Crippen LogP) is 4.24. The van der Waals surface area contributed by atoms with Crippen LogP contribution in [0.3, 0.4) is 0 Å². The Bertz CT molecular complexity index is 1250. The van der Waals surface area contributed by atoms with E-state index in [0.29, 0.717) is 41.9 Å². The molecular formula is C24H26F2N6O2. The van der Waals surface area contributed by atoms with E-state index in [1.807, 2.05) is 11.0 Å². The van der Waals surface area contributed by atoms with Crippen molar-refractivity contribution in [3.63, 3.8) is 0 Å². The minimum Gasteiger partial charge on any atom is -0.494 e. The minimum atomic E-state index is -2.70. The fourth-order valence-electron chi connectivity index (χ4n) is 5.00. The van der Waals surface area contributed by atoms with Crippen LogP contribution < -0.4 is 4.74 Å². The van der Waals surface area contributed by atoms with Gasteiger partial charge in [-0.05, 0) is 50.7 Å². The van der Waals surface area contributed by atoms with Crippen molar-refractivity contribution in [2.45, 2.75) is 62.7 Å². The molecule has 0 radical (unpaired) electrons. The van der Waals surface area contributed by atoms with Crippen molar-refractivity contribution in [2.75, 3.05) is 20.2 Å². The number of rotatable bonds is 6. The molecule has 0 bridgehead atoms. The van der Waals surface area contributed by atoms with E-state index in [1.165, 1.54) is 16.9 Å². The van der Waals surface area contributed by atoms with Crippen molar-refractivity contribution in [1.29, 1.82) is 0 Å². The van der Waals surface area contributed by atoms with E-state index >= 15 is 0 Å². The molecule has 10 heteroatoms. The number of alkyl halides is 2. The highest BCUT2D eigenvalue weighted by Gasteiger charge is 2.36. The number of fused-ring (bicyclic) bond motifs is 1. The molecule has 8 nitrogen and oxygen atoms in total. The summed E-state index contributed by atoms with van der Waals surface area (Å²) in [4.78, 5) is 28.4. The van der Waals surface area contributed by atoms with E-state index < -0.39 is 6.43 Å². The average molecular weight is 469 g/mol. The quantitative estimate of drug-likeness (QED) is 0.538. The second-order valence-electron chi connectivity index (χ2n) is 9.53. The molecule has 0 aromatic carbocycles. The molecule has 178 valence electrons. The van der Waals surface area contributed by atoms with Crippen LogP contribution in [0.25, 0.3) is 5.78 Å². The first kappa shape index (κ1) is 21.4. The van der Waals surface area contributed by atoms with Crippen molar-refractivity contribution in [1.82, 2.24) is 29.5 Å². The topological polar surface area (TPSA) is 85.5 Å². The number of carbonyl (C=O) groups excluding carboxylic acids is 1. The Morgan fingerprint density at radius 2 is 1.88 bits per heavy atom. The fourth-order valence-corrected chi connectivity index (χ4v) is 5.00. The van der Waals surface area contributed by atoms with E-state index in [-0.39, 0.29) is 23.3 Å². The molecule has 3 fully saturated rings. The monoisotopic (exact) mass is 468 g/mol. The summed E-state index contributed by atoms with van der Waals surface area (Å²) in [5, 5.41) is 4.19. The highest BCUT2D eigenvalue weighted by molar-refractivity contribution is 5.97. The normalized spacial score (nSPS) is 20.8. The van der Waals surface area contributed by atoms with Crippen molar-refractivity contribution in [2.24, 2.45) is 0 Å². The van der Waals surface area contributed by atoms with Gasteiger partial charge in [0.1, 0.15) is 12.0 Å². The summed E-state index contributed by atoms with van der Waals surface area (Å²) >= 11 is 0. The van der Waals surface area contributed by atoms with Crippen LogP contribution in [0.4, 0.5) is 8.78 Å². The van der Waals surface area contributed by atoms with Crippen molar-refractivity contribution < 1.29 is 18.3 Å². The molecule has 1 amide bonds. The smallest absolute Gasteiger partial charge is 0.280 e. The first-order valence-electron chi connectivity index (χ1n) is 11.9. The summed E-state index contributed by atoms with van der Waals surface area (Å²) in [6.45, 7) is 1.01. The summed E-state index contributed by atoms with van der Waals surface area (Å²) in [7, 11) is 1.60. The number of methoxy groups -OCH3 is 1. The molecule has 3 aliphatic rings. The standard InChI is InChI=1S/C24H26F2N6O2/c1-34-21-16(9-17(13-4-5-13)29-20(21)14-6-7-14)23(33)31-8-2-3-15(11-31)19-10-18(22(25)26)30-24-27-12-28-32(19)24/h9-10,12-15,22H,2-8,11H2,1H3/t15-/m0/s1. The van der Waals surface area contributed by atoms with Crippen LogP contribution in [0.15, 0.2) is 18.5 Å². The summed E-state index contributed by atoms with van der Waals surface area (Å²) in [6, 6.07) is 3.31. The molecule has 34 heavy (non-hydrogen) atoms. The van der Waals surface area contributed by atoms with Gasteiger partial charge in [0.05, 0.1) is 24.1 Å². The maximum atomic E-state index is 13.8. The number of ether oxygens (including phenoxy) is 1. The number of piperidine rings is 1. The van der Waals surface area contributed by atoms with Crippen molar-refractivity contribution in [3.8, 4) is 5.75 Å². The van der Waals surface area contributed by atoms with Gasteiger partial charge in [-0.25, -0.2) is 18.3 Å². The highest BCUT2D eigenvalue weighted by atomic mass is 19.3. The number of nitrogens with zero attached hydrogens (tertiary/aromatic N) is 6. The van der Waals surface area contributed by atoms with Gasteiger partial charge in [-0.2, -0.15) is 10.1 Å². The van der Waals surface area contributed by atoms with Crippen LogP contribution >= 0.6 is 0 Å². The lowest BCUT2D eigenvalue weighted by Gasteiger charge is -2.33. The number of aromatic nitrogens is 5. The van der Waals surface area contributed by atoms with Gasteiger partial charge in [0.25, 0.3) is 18.1 Å². The number of carbonyl (C=O) groups is 1. The first-order valence-corrected chi connectivity index (χ1v) is 11.9. The number of hydrogen-bond donors (Lipinski definition) is 0. The SMILES string of the molecule is COc1c(C(=O)N2CCC[C@H](c3cc(C(F)F)nc4ncnn34)C2)cc(C2CC2)nc1C1CC1. The molecule has 2 aliphatic carbocycles. The molecule has 1 atom stereocenters. The molecule has 0 N–H and O–H groups in total. The molecule has 0 spiro atoms. The predicted molar refractivity (Wildman–Crippen MR) is 118 cm³/mol. The molecular weight excluding hydrogens is 442 g/mol. The zero-order valence-electron chi connectivity index (χ0n) is 19.0. The third-order valence-corrected chi connectivity index (χ3v) is 7.06. The summed E-state index contributed by atoms with van der Waals surface area (Å²) in [5.41, 5.74) is 2.74. The van der Waals surface area contributed by atoms with Crippen LogP contribution in [0.5, 0.6) is 5.75 Å². The maximum absolute atomic E-state index is 13.8. The van der Waals surface area contributed by atoms with E-state index in [2.05, 4.69) is 15.1 Å². The average Bonchev–Trinajstić information content (AvgIpc) is 3.79. The Morgan fingerprint density at radius 3 is 2.59 bits per heavy atom. The zero-order valence-corrected chi connectivity index (χ0v) is 19.0. The van der Waals surface area contributed by atoms with Crippen LogP contribution in [-0.4, -0.2) is 55.6 Å². The lowest BCUT2D eigenvalue weighted by Crippen LogP contribution is -2.40. The Morgan fingerprint density at radius 1 is 1.09 bits per heavy atom. The summed E-state index contributed by atoms with van der Waals surface area (Å²) in [5.74, 6) is 1.28. The van der Waals surface area contributed by atoms with E-state index in [9.17, 15) is 13.6 Å². The van der Waals surface area contributed by atoms with Gasteiger partial charge in [0, 0.05) is 36.5 Å². The molecule has 1 saturated heterocycles. The van der Waals surface area contributed by atoms with Gasteiger partial charge in [0.2, 0.25) is 0 Å². The molecule has 3 aromatic heterocycles. The zero-order chi connectivity index (χ0) is 23.4. The third-order valence-electron chi connectivity index (χ3n) is 7.06. The Hall–Kier alpha value is -3.17. The first-order chi connectivity index (χ1) is 16.5. The highest BCUT2D eigenvalue weighted by Crippen LogP contribution is 2.47. The van der Waals surface area contributed by atoms with Gasteiger partial charge in [-0.1, -0.05) is 0 Å². The Balaban J connectivity index is 1.34. The molecule has 4 heterocycles.